The highest BCUT2D eigenvalue weighted by Gasteiger charge is 2.58. The zero-order valence-corrected chi connectivity index (χ0v) is 13.6. The van der Waals surface area contributed by atoms with Crippen LogP contribution in [0.5, 0.6) is 0 Å². The van der Waals surface area contributed by atoms with Gasteiger partial charge in [0, 0.05) is 22.9 Å². The SMILES string of the molecule is O=S(=O)(c1ccccc1)[C@@H]1[C@H](CO)[C@H]1c1ccc(Br)cc1. The van der Waals surface area contributed by atoms with Gasteiger partial charge in [-0.3, -0.25) is 0 Å². The Bertz CT molecular complexity index is 726. The smallest absolute Gasteiger partial charge is 0.182 e. The van der Waals surface area contributed by atoms with Gasteiger partial charge in [0.15, 0.2) is 9.84 Å². The van der Waals surface area contributed by atoms with Gasteiger partial charge in [0.2, 0.25) is 0 Å². The summed E-state index contributed by atoms with van der Waals surface area (Å²) in [6.45, 7) is -0.114. The maximum absolute atomic E-state index is 12.7. The summed E-state index contributed by atoms with van der Waals surface area (Å²) in [6.07, 6.45) is 0. The van der Waals surface area contributed by atoms with E-state index in [1.54, 1.807) is 30.3 Å². The lowest BCUT2D eigenvalue weighted by Crippen LogP contribution is -2.11. The fraction of sp³-hybridized carbons (Fsp3) is 0.250. The fourth-order valence-corrected chi connectivity index (χ4v) is 5.36. The van der Waals surface area contributed by atoms with Crippen molar-refractivity contribution in [3.8, 4) is 0 Å². The van der Waals surface area contributed by atoms with Crippen LogP contribution in [0.3, 0.4) is 0 Å². The number of hydrogen-bond donors (Lipinski definition) is 1. The number of aliphatic hydroxyl groups excluding tert-OH is 1. The highest BCUT2D eigenvalue weighted by atomic mass is 79.9. The first-order valence-electron chi connectivity index (χ1n) is 6.71. The summed E-state index contributed by atoms with van der Waals surface area (Å²) in [5, 5.41) is 8.96. The molecule has 0 amide bonds. The predicted molar refractivity (Wildman–Crippen MR) is 84.9 cm³/mol. The lowest BCUT2D eigenvalue weighted by molar-refractivity contribution is 0.274. The Balaban J connectivity index is 1.94. The molecule has 1 saturated carbocycles. The van der Waals surface area contributed by atoms with Crippen LogP contribution in [0.15, 0.2) is 64.0 Å². The minimum absolute atomic E-state index is 0.114. The molecule has 0 aromatic heterocycles. The van der Waals surface area contributed by atoms with E-state index in [2.05, 4.69) is 15.9 Å². The highest BCUT2D eigenvalue weighted by molar-refractivity contribution is 9.10. The standard InChI is InChI=1S/C16H15BrO3S/c17-12-8-6-11(7-9-12)15-14(10-18)16(15)21(19,20)13-4-2-1-3-5-13/h1-9,14-16,18H,10H2/t14-,15-,16-/m1/s1. The summed E-state index contributed by atoms with van der Waals surface area (Å²) in [5.74, 6) is -0.357. The largest absolute Gasteiger partial charge is 0.396 e. The summed E-state index contributed by atoms with van der Waals surface area (Å²) < 4.78 is 26.3. The monoisotopic (exact) mass is 366 g/mol. The molecule has 1 aliphatic rings. The highest BCUT2D eigenvalue weighted by Crippen LogP contribution is 2.53. The van der Waals surface area contributed by atoms with Crippen LogP contribution in [0.2, 0.25) is 0 Å². The minimum Gasteiger partial charge on any atom is -0.396 e. The van der Waals surface area contributed by atoms with E-state index < -0.39 is 15.1 Å². The molecule has 0 aliphatic heterocycles. The summed E-state index contributed by atoms with van der Waals surface area (Å²) in [7, 11) is -3.41. The third-order valence-electron chi connectivity index (χ3n) is 3.99. The molecule has 110 valence electrons. The number of sulfone groups is 1. The van der Waals surface area contributed by atoms with Crippen molar-refractivity contribution >= 4 is 25.8 Å². The van der Waals surface area contributed by atoms with E-state index >= 15 is 0 Å². The molecule has 3 rings (SSSR count). The first kappa shape index (κ1) is 14.8. The molecule has 1 aliphatic carbocycles. The van der Waals surface area contributed by atoms with Gasteiger partial charge in [-0.2, -0.15) is 0 Å². The Hall–Kier alpha value is -1.17. The van der Waals surface area contributed by atoms with E-state index in [4.69, 9.17) is 0 Å². The third kappa shape index (κ3) is 2.65. The first-order chi connectivity index (χ1) is 10.1. The summed E-state index contributed by atoms with van der Waals surface area (Å²) in [6, 6.07) is 16.1. The second kappa shape index (κ2) is 5.55. The van der Waals surface area contributed by atoms with Crippen molar-refractivity contribution in [2.45, 2.75) is 16.1 Å². The van der Waals surface area contributed by atoms with E-state index in [0.29, 0.717) is 4.90 Å². The van der Waals surface area contributed by atoms with Crippen molar-refractivity contribution in [3.63, 3.8) is 0 Å². The van der Waals surface area contributed by atoms with E-state index in [1.165, 1.54) is 0 Å². The average molecular weight is 367 g/mol. The van der Waals surface area contributed by atoms with Gasteiger partial charge in [-0.25, -0.2) is 8.42 Å². The molecular formula is C16H15BrO3S. The molecule has 0 saturated heterocycles. The van der Waals surface area contributed by atoms with Crippen molar-refractivity contribution in [2.24, 2.45) is 5.92 Å². The van der Waals surface area contributed by atoms with Gasteiger partial charge in [0.05, 0.1) is 10.1 Å². The zero-order valence-electron chi connectivity index (χ0n) is 11.2. The van der Waals surface area contributed by atoms with Gasteiger partial charge >= 0.3 is 0 Å². The van der Waals surface area contributed by atoms with E-state index in [1.807, 2.05) is 24.3 Å². The number of aliphatic hydroxyl groups is 1. The van der Waals surface area contributed by atoms with Crippen LogP contribution in [0.4, 0.5) is 0 Å². The quantitative estimate of drug-likeness (QED) is 0.904. The maximum Gasteiger partial charge on any atom is 0.182 e. The van der Waals surface area contributed by atoms with Gasteiger partial charge in [0.1, 0.15) is 0 Å². The third-order valence-corrected chi connectivity index (χ3v) is 6.81. The number of benzene rings is 2. The van der Waals surface area contributed by atoms with Crippen LogP contribution in [0.25, 0.3) is 0 Å². The van der Waals surface area contributed by atoms with Crippen LogP contribution in [-0.4, -0.2) is 25.4 Å². The Morgan fingerprint density at radius 2 is 1.62 bits per heavy atom. The van der Waals surface area contributed by atoms with Gasteiger partial charge in [-0.05, 0) is 29.8 Å². The van der Waals surface area contributed by atoms with Crippen molar-refractivity contribution < 1.29 is 13.5 Å². The minimum atomic E-state index is -3.41. The van der Waals surface area contributed by atoms with Crippen LogP contribution in [-0.2, 0) is 9.84 Å². The molecule has 3 nitrogen and oxygen atoms in total. The molecule has 0 spiro atoms. The molecule has 3 atom stereocenters. The Kier molecular flexibility index (Phi) is 3.90. The van der Waals surface area contributed by atoms with Gasteiger partial charge in [0.25, 0.3) is 0 Å². The average Bonchev–Trinajstić information content (AvgIpc) is 3.24. The zero-order chi connectivity index (χ0) is 15.0. The molecule has 0 heterocycles. The maximum atomic E-state index is 12.7. The van der Waals surface area contributed by atoms with Crippen molar-refractivity contribution in [2.75, 3.05) is 6.61 Å². The molecule has 0 radical (unpaired) electrons. The number of hydrogen-bond acceptors (Lipinski definition) is 3. The predicted octanol–water partition coefficient (Wildman–Crippen LogP) is 3.00. The molecule has 21 heavy (non-hydrogen) atoms. The molecular weight excluding hydrogens is 352 g/mol. The molecule has 0 bridgehead atoms. The van der Waals surface area contributed by atoms with Gasteiger partial charge < -0.3 is 5.11 Å². The van der Waals surface area contributed by atoms with Crippen LogP contribution in [0, 0.1) is 5.92 Å². The van der Waals surface area contributed by atoms with E-state index in [0.717, 1.165) is 10.0 Å². The Morgan fingerprint density at radius 1 is 1.00 bits per heavy atom. The van der Waals surface area contributed by atoms with Crippen LogP contribution in [0.1, 0.15) is 11.5 Å². The summed E-state index contributed by atoms with van der Waals surface area (Å²) in [4.78, 5) is 0.327. The molecule has 2 aromatic carbocycles. The van der Waals surface area contributed by atoms with Crippen LogP contribution < -0.4 is 0 Å². The fourth-order valence-electron chi connectivity index (χ4n) is 2.87. The van der Waals surface area contributed by atoms with Gasteiger partial charge in [-0.15, -0.1) is 0 Å². The number of halogens is 1. The molecule has 2 aromatic rings. The Labute approximate surface area is 132 Å². The Morgan fingerprint density at radius 3 is 2.19 bits per heavy atom. The topological polar surface area (TPSA) is 54.4 Å². The lowest BCUT2D eigenvalue weighted by atomic mass is 10.1. The second-order valence-electron chi connectivity index (χ2n) is 5.25. The summed E-state index contributed by atoms with van der Waals surface area (Å²) >= 11 is 3.37. The van der Waals surface area contributed by atoms with Crippen molar-refractivity contribution in [3.05, 3.63) is 64.6 Å². The first-order valence-corrected chi connectivity index (χ1v) is 9.05. The van der Waals surface area contributed by atoms with E-state index in [-0.39, 0.29) is 18.4 Å². The van der Waals surface area contributed by atoms with Gasteiger partial charge in [-0.1, -0.05) is 46.3 Å². The van der Waals surface area contributed by atoms with Crippen molar-refractivity contribution in [1.82, 2.24) is 0 Å². The normalized spacial score (nSPS) is 24.8. The molecule has 5 heteroatoms. The van der Waals surface area contributed by atoms with Crippen molar-refractivity contribution in [1.29, 1.82) is 0 Å². The van der Waals surface area contributed by atoms with E-state index in [9.17, 15) is 13.5 Å². The molecule has 0 unspecified atom stereocenters. The lowest BCUT2D eigenvalue weighted by Gasteiger charge is -2.04. The number of rotatable bonds is 4. The van der Waals surface area contributed by atoms with Crippen LogP contribution >= 0.6 is 15.9 Å². The summed E-state index contributed by atoms with van der Waals surface area (Å²) in [5.41, 5.74) is 0.960. The molecule has 1 fully saturated rings. The second-order valence-corrected chi connectivity index (χ2v) is 8.27. The molecule has 1 N–H and O–H groups in total.